The van der Waals surface area contributed by atoms with Crippen LogP contribution in [0.4, 0.5) is 5.82 Å². The minimum atomic E-state index is 0.0148. The fourth-order valence-electron chi connectivity index (χ4n) is 4.59. The van der Waals surface area contributed by atoms with E-state index in [0.717, 1.165) is 36.2 Å². The van der Waals surface area contributed by atoms with E-state index >= 15 is 0 Å². The van der Waals surface area contributed by atoms with Crippen LogP contribution in [0.5, 0.6) is 0 Å². The van der Waals surface area contributed by atoms with Crippen molar-refractivity contribution in [2.75, 3.05) is 11.9 Å². The van der Waals surface area contributed by atoms with Crippen LogP contribution in [0.1, 0.15) is 57.9 Å². The molecular formula is C22H32N4O. The van der Waals surface area contributed by atoms with Gasteiger partial charge >= 0.3 is 0 Å². The number of rotatable bonds is 4. The number of nitrogens with one attached hydrogen (secondary N) is 2. The molecule has 1 saturated heterocycles. The fraction of sp³-hybridized carbons (Fsp3) is 0.636. The molecule has 2 aliphatic rings. The monoisotopic (exact) mass is 368 g/mol. The lowest BCUT2D eigenvalue weighted by Crippen LogP contribution is -2.48. The van der Waals surface area contributed by atoms with Crippen LogP contribution in [0.25, 0.3) is 10.9 Å². The van der Waals surface area contributed by atoms with Crippen LogP contribution in [0.3, 0.4) is 0 Å². The maximum atomic E-state index is 5.85. The molecule has 0 radical (unpaired) electrons. The minimum Gasteiger partial charge on any atom is -0.375 e. The highest BCUT2D eigenvalue weighted by atomic mass is 16.5. The molecule has 0 amide bonds. The Morgan fingerprint density at radius 1 is 1.00 bits per heavy atom. The Kier molecular flexibility index (Phi) is 5.33. The predicted octanol–water partition coefficient (Wildman–Crippen LogP) is 4.21. The van der Waals surface area contributed by atoms with Crippen LogP contribution < -0.4 is 10.6 Å². The number of hydrogen-bond acceptors (Lipinski definition) is 5. The van der Waals surface area contributed by atoms with Gasteiger partial charge in [0, 0.05) is 30.1 Å². The van der Waals surface area contributed by atoms with Gasteiger partial charge in [-0.15, -0.1) is 0 Å². The second-order valence-corrected chi connectivity index (χ2v) is 8.90. The third-order valence-electron chi connectivity index (χ3n) is 6.03. The van der Waals surface area contributed by atoms with Gasteiger partial charge in [0.2, 0.25) is 0 Å². The van der Waals surface area contributed by atoms with E-state index in [1.165, 1.54) is 31.2 Å². The van der Waals surface area contributed by atoms with Crippen molar-refractivity contribution in [3.8, 4) is 0 Å². The number of ether oxygens (including phenoxy) is 1. The van der Waals surface area contributed by atoms with Crippen molar-refractivity contribution >= 4 is 16.7 Å². The number of nitrogens with zero attached hydrogens (tertiary/aromatic N) is 2. The highest BCUT2D eigenvalue weighted by Crippen LogP contribution is 2.28. The summed E-state index contributed by atoms with van der Waals surface area (Å²) in [5, 5.41) is 8.72. The first-order valence-electron chi connectivity index (χ1n) is 10.4. The maximum absolute atomic E-state index is 5.85. The molecule has 146 valence electrons. The molecule has 0 spiro atoms. The van der Waals surface area contributed by atoms with Gasteiger partial charge < -0.3 is 15.4 Å². The Morgan fingerprint density at radius 2 is 1.78 bits per heavy atom. The maximum Gasteiger partial charge on any atom is 0.137 e. The number of benzene rings is 1. The van der Waals surface area contributed by atoms with Crippen LogP contribution in [0, 0.1) is 6.92 Å². The molecule has 5 heteroatoms. The van der Waals surface area contributed by atoms with E-state index < -0.39 is 0 Å². The van der Waals surface area contributed by atoms with E-state index in [1.54, 1.807) is 6.33 Å². The molecule has 1 saturated carbocycles. The van der Waals surface area contributed by atoms with Crippen LogP contribution in [0.2, 0.25) is 0 Å². The van der Waals surface area contributed by atoms with E-state index in [-0.39, 0.29) is 5.60 Å². The highest BCUT2D eigenvalue weighted by Gasteiger charge is 2.31. The summed E-state index contributed by atoms with van der Waals surface area (Å²) in [4.78, 5) is 8.91. The molecule has 1 aliphatic heterocycles. The zero-order chi connectivity index (χ0) is 18.9. The molecule has 27 heavy (non-hydrogen) atoms. The number of anilines is 1. The van der Waals surface area contributed by atoms with Gasteiger partial charge in [0.1, 0.15) is 12.1 Å². The molecule has 0 bridgehead atoms. The van der Waals surface area contributed by atoms with Gasteiger partial charge in [0.05, 0.1) is 11.1 Å². The molecule has 1 aromatic carbocycles. The topological polar surface area (TPSA) is 59.1 Å². The zero-order valence-electron chi connectivity index (χ0n) is 16.8. The smallest absolute Gasteiger partial charge is 0.137 e. The zero-order valence-corrected chi connectivity index (χ0v) is 16.8. The second kappa shape index (κ2) is 7.72. The summed E-state index contributed by atoms with van der Waals surface area (Å²) in [5.41, 5.74) is 2.27. The average molecular weight is 369 g/mol. The Hall–Kier alpha value is -1.72. The van der Waals surface area contributed by atoms with Crippen molar-refractivity contribution in [1.29, 1.82) is 0 Å². The van der Waals surface area contributed by atoms with E-state index in [0.29, 0.717) is 18.1 Å². The Morgan fingerprint density at radius 3 is 2.56 bits per heavy atom. The molecular weight excluding hydrogens is 336 g/mol. The quantitative estimate of drug-likeness (QED) is 0.847. The predicted molar refractivity (Wildman–Crippen MR) is 110 cm³/mol. The summed E-state index contributed by atoms with van der Waals surface area (Å²) in [6, 6.07) is 8.08. The van der Waals surface area contributed by atoms with Gasteiger partial charge in [-0.2, -0.15) is 0 Å². The van der Waals surface area contributed by atoms with Crippen molar-refractivity contribution in [2.24, 2.45) is 0 Å². The van der Waals surface area contributed by atoms with Crippen molar-refractivity contribution in [3.05, 3.63) is 30.1 Å². The molecule has 0 unspecified atom stereocenters. The lowest BCUT2D eigenvalue weighted by molar-refractivity contribution is -0.0646. The molecule has 2 aromatic rings. The van der Waals surface area contributed by atoms with Crippen molar-refractivity contribution in [2.45, 2.75) is 83.0 Å². The van der Waals surface area contributed by atoms with E-state index in [2.05, 4.69) is 59.6 Å². The summed E-state index contributed by atoms with van der Waals surface area (Å²) >= 11 is 0. The van der Waals surface area contributed by atoms with Gasteiger partial charge in [0.15, 0.2) is 0 Å². The van der Waals surface area contributed by atoms with E-state index in [1.807, 2.05) is 0 Å². The molecule has 2 heterocycles. The molecule has 1 atom stereocenters. The summed E-state index contributed by atoms with van der Waals surface area (Å²) < 4.78 is 5.85. The Bertz CT molecular complexity index is 783. The molecule has 2 fully saturated rings. The molecule has 5 nitrogen and oxygen atoms in total. The second-order valence-electron chi connectivity index (χ2n) is 8.90. The summed E-state index contributed by atoms with van der Waals surface area (Å²) in [6.07, 6.45) is 8.71. The summed E-state index contributed by atoms with van der Waals surface area (Å²) in [5.74, 6) is 0.978. The third-order valence-corrected chi connectivity index (χ3v) is 6.03. The van der Waals surface area contributed by atoms with E-state index in [9.17, 15) is 0 Å². The molecule has 1 aliphatic carbocycles. The molecule has 4 rings (SSSR count). The SMILES string of the molecule is Cc1ccc2ncnc(N[C@H]3CC[C@H](N[C@H]4CCOC(C)(C)C4)CC3)c2c1. The Balaban J connectivity index is 1.33. The van der Waals surface area contributed by atoms with Crippen molar-refractivity contribution in [1.82, 2.24) is 15.3 Å². The van der Waals surface area contributed by atoms with Crippen LogP contribution in [0.15, 0.2) is 24.5 Å². The van der Waals surface area contributed by atoms with Gasteiger partial charge in [0.25, 0.3) is 0 Å². The third kappa shape index (κ3) is 4.58. The first-order chi connectivity index (χ1) is 13.0. The number of aryl methyl sites for hydroxylation is 1. The van der Waals surface area contributed by atoms with Crippen LogP contribution in [-0.4, -0.2) is 40.3 Å². The Labute approximate surface area is 162 Å². The molecule has 1 aromatic heterocycles. The number of fused-ring (bicyclic) bond motifs is 1. The van der Waals surface area contributed by atoms with Crippen LogP contribution >= 0.6 is 0 Å². The number of aromatic nitrogens is 2. The highest BCUT2D eigenvalue weighted by molar-refractivity contribution is 5.89. The molecule has 2 N–H and O–H groups in total. The lowest BCUT2D eigenvalue weighted by atomic mass is 9.88. The largest absolute Gasteiger partial charge is 0.375 e. The lowest BCUT2D eigenvalue weighted by Gasteiger charge is -2.39. The standard InChI is InChI=1S/C22H32N4O/c1-15-4-9-20-19(12-15)21(24-14-23-20)26-17-7-5-16(6-8-17)25-18-10-11-27-22(2,3)13-18/h4,9,12,14,16-18,25H,5-8,10-11,13H2,1-3H3,(H,23,24,26)/t16-,17-,18-/m0/s1. The van der Waals surface area contributed by atoms with E-state index in [4.69, 9.17) is 4.74 Å². The summed E-state index contributed by atoms with van der Waals surface area (Å²) in [7, 11) is 0. The van der Waals surface area contributed by atoms with Crippen molar-refractivity contribution < 1.29 is 4.74 Å². The number of hydrogen-bond donors (Lipinski definition) is 2. The van der Waals surface area contributed by atoms with Gasteiger partial charge in [-0.25, -0.2) is 9.97 Å². The normalized spacial score (nSPS) is 28.2. The van der Waals surface area contributed by atoms with Crippen LogP contribution in [-0.2, 0) is 4.74 Å². The first kappa shape index (κ1) is 18.6. The van der Waals surface area contributed by atoms with Gasteiger partial charge in [-0.1, -0.05) is 11.6 Å². The average Bonchev–Trinajstić information content (AvgIpc) is 2.63. The minimum absolute atomic E-state index is 0.0148. The van der Waals surface area contributed by atoms with Gasteiger partial charge in [-0.3, -0.25) is 0 Å². The van der Waals surface area contributed by atoms with Crippen molar-refractivity contribution in [3.63, 3.8) is 0 Å². The van der Waals surface area contributed by atoms with Gasteiger partial charge in [-0.05, 0) is 71.4 Å². The fourth-order valence-corrected chi connectivity index (χ4v) is 4.59. The summed E-state index contributed by atoms with van der Waals surface area (Å²) in [6.45, 7) is 7.40. The first-order valence-corrected chi connectivity index (χ1v) is 10.4.